The van der Waals surface area contributed by atoms with Crippen molar-refractivity contribution in [1.29, 1.82) is 0 Å². The molecule has 2 fully saturated rings. The van der Waals surface area contributed by atoms with Crippen LogP contribution in [-0.4, -0.2) is 35.4 Å². The van der Waals surface area contributed by atoms with E-state index in [0.717, 1.165) is 66.8 Å². The van der Waals surface area contributed by atoms with E-state index >= 15 is 0 Å². The van der Waals surface area contributed by atoms with Crippen LogP contribution < -0.4 is 20.1 Å². The molecule has 3 aromatic rings. The van der Waals surface area contributed by atoms with Crippen LogP contribution >= 0.6 is 0 Å². The number of hydrogen-bond acceptors (Lipinski definition) is 5. The lowest BCUT2D eigenvalue weighted by atomic mass is 9.81. The third-order valence-corrected chi connectivity index (χ3v) is 9.73. The fourth-order valence-electron chi connectivity index (χ4n) is 6.91. The number of furan rings is 1. The van der Waals surface area contributed by atoms with Crippen molar-refractivity contribution in [3.8, 4) is 11.5 Å². The first kappa shape index (κ1) is 33.9. The van der Waals surface area contributed by atoms with Crippen LogP contribution in [0.5, 0.6) is 11.5 Å². The Bertz CT molecular complexity index is 1400. The highest BCUT2D eigenvalue weighted by atomic mass is 16.5. The van der Waals surface area contributed by atoms with Gasteiger partial charge >= 0.3 is 0 Å². The number of ether oxygens (including phenoxy) is 2. The smallest absolute Gasteiger partial charge is 0.134 e. The van der Waals surface area contributed by atoms with Crippen LogP contribution in [0.2, 0.25) is 0 Å². The van der Waals surface area contributed by atoms with Gasteiger partial charge in [-0.05, 0) is 133 Å². The molecular weight excluding hydrogens is 556 g/mol. The lowest BCUT2D eigenvalue weighted by Gasteiger charge is -2.42. The standard InChI is InChI=1S/C40H60N2O3/c1-26(2)28(18-27-12-11-13-32(19-27)43-34-22-30(23-34)41-39(6,7)8)16-17-40(9,10)42-31-24-35(25-31)44-33-14-15-36-29(20-33)21-37(45-36)38(3,4)5/h11-15,19-21,26,28,30-31,34-35,41-42H,16-18,22-25H2,1-10H3/t28?,30-,31-,34+,35-. The van der Waals surface area contributed by atoms with Crippen molar-refractivity contribution in [2.75, 3.05) is 0 Å². The molecule has 1 unspecified atom stereocenters. The molecule has 2 aromatic carbocycles. The Kier molecular flexibility index (Phi) is 10.0. The van der Waals surface area contributed by atoms with Crippen LogP contribution in [-0.2, 0) is 11.8 Å². The van der Waals surface area contributed by atoms with Gasteiger partial charge in [-0.2, -0.15) is 0 Å². The fraction of sp³-hybridized carbons (Fsp3) is 0.650. The molecule has 0 amide bonds. The van der Waals surface area contributed by atoms with Crippen LogP contribution in [0.1, 0.15) is 119 Å². The Hall–Kier alpha value is -2.50. The monoisotopic (exact) mass is 616 g/mol. The van der Waals surface area contributed by atoms with E-state index in [-0.39, 0.29) is 22.6 Å². The quantitative estimate of drug-likeness (QED) is 0.200. The van der Waals surface area contributed by atoms with Crippen molar-refractivity contribution in [2.45, 2.75) is 155 Å². The van der Waals surface area contributed by atoms with Gasteiger partial charge < -0.3 is 24.5 Å². The normalized spacial score (nSPS) is 23.1. The molecule has 2 aliphatic rings. The first-order chi connectivity index (χ1) is 21.0. The zero-order chi connectivity index (χ0) is 32.6. The maximum absolute atomic E-state index is 6.37. The summed E-state index contributed by atoms with van der Waals surface area (Å²) in [6.45, 7) is 22.7. The largest absolute Gasteiger partial charge is 0.490 e. The predicted molar refractivity (Wildman–Crippen MR) is 188 cm³/mol. The first-order valence-electron chi connectivity index (χ1n) is 17.5. The third kappa shape index (κ3) is 9.51. The summed E-state index contributed by atoms with van der Waals surface area (Å²) in [6, 6.07) is 18.3. The third-order valence-electron chi connectivity index (χ3n) is 9.73. The molecule has 0 radical (unpaired) electrons. The van der Waals surface area contributed by atoms with Crippen LogP contribution in [0, 0.1) is 11.8 Å². The zero-order valence-corrected chi connectivity index (χ0v) is 29.8. The molecule has 2 saturated carbocycles. The molecule has 1 atom stereocenters. The van der Waals surface area contributed by atoms with Gasteiger partial charge in [-0.25, -0.2) is 0 Å². The summed E-state index contributed by atoms with van der Waals surface area (Å²) in [4.78, 5) is 0. The summed E-state index contributed by atoms with van der Waals surface area (Å²) >= 11 is 0. The van der Waals surface area contributed by atoms with E-state index in [4.69, 9.17) is 13.9 Å². The van der Waals surface area contributed by atoms with Crippen molar-refractivity contribution < 1.29 is 13.9 Å². The summed E-state index contributed by atoms with van der Waals surface area (Å²) in [5.41, 5.74) is 2.57. The van der Waals surface area contributed by atoms with Gasteiger partial charge in [-0.1, -0.05) is 46.8 Å². The first-order valence-corrected chi connectivity index (χ1v) is 17.5. The van der Waals surface area contributed by atoms with Gasteiger partial charge in [0.15, 0.2) is 0 Å². The predicted octanol–water partition coefficient (Wildman–Crippen LogP) is 9.60. The Labute approximate surface area is 273 Å². The molecule has 5 heteroatoms. The average molecular weight is 617 g/mol. The molecule has 45 heavy (non-hydrogen) atoms. The van der Waals surface area contributed by atoms with Gasteiger partial charge in [-0.15, -0.1) is 0 Å². The average Bonchev–Trinajstić information content (AvgIpc) is 3.32. The second kappa shape index (κ2) is 13.3. The number of hydrogen-bond donors (Lipinski definition) is 2. The van der Waals surface area contributed by atoms with Gasteiger partial charge in [0, 0.05) is 34.0 Å². The number of nitrogens with one attached hydrogen (secondary N) is 2. The molecule has 0 bridgehead atoms. The molecule has 0 spiro atoms. The van der Waals surface area contributed by atoms with E-state index in [0.29, 0.717) is 30.0 Å². The van der Waals surface area contributed by atoms with Gasteiger partial charge in [0.2, 0.25) is 0 Å². The van der Waals surface area contributed by atoms with Gasteiger partial charge in [0.05, 0.1) is 0 Å². The van der Waals surface area contributed by atoms with Crippen molar-refractivity contribution in [1.82, 2.24) is 10.6 Å². The van der Waals surface area contributed by atoms with Gasteiger partial charge in [0.25, 0.3) is 0 Å². The lowest BCUT2D eigenvalue weighted by Crippen LogP contribution is -2.54. The summed E-state index contributed by atoms with van der Waals surface area (Å²) < 4.78 is 18.8. The van der Waals surface area contributed by atoms with Crippen molar-refractivity contribution in [3.05, 3.63) is 59.9 Å². The SMILES string of the molecule is CC(C)C(CCC(C)(C)N[C@H]1C[C@H](Oc2ccc3oc(C(C)(C)C)cc3c2)C1)Cc1cccc(O[C@H]2C[C@@H](NC(C)(C)C)C2)c1. The molecular formula is C40H60N2O3. The Morgan fingerprint density at radius 3 is 2.00 bits per heavy atom. The minimum atomic E-state index is -0.00122. The van der Waals surface area contributed by atoms with E-state index in [1.165, 1.54) is 12.0 Å². The molecule has 5 rings (SSSR count). The zero-order valence-electron chi connectivity index (χ0n) is 29.8. The minimum Gasteiger partial charge on any atom is -0.490 e. The second-order valence-corrected chi connectivity index (χ2v) is 17.2. The summed E-state index contributed by atoms with van der Waals surface area (Å²) in [5, 5.41) is 8.77. The van der Waals surface area contributed by atoms with Crippen molar-refractivity contribution >= 4 is 11.0 Å². The lowest BCUT2D eigenvalue weighted by molar-refractivity contribution is 0.0688. The number of benzene rings is 2. The fourth-order valence-corrected chi connectivity index (χ4v) is 6.91. The van der Waals surface area contributed by atoms with E-state index in [9.17, 15) is 0 Å². The molecule has 1 aromatic heterocycles. The molecule has 0 saturated heterocycles. The van der Waals surface area contributed by atoms with E-state index in [1.54, 1.807) is 0 Å². The highest BCUT2D eigenvalue weighted by Crippen LogP contribution is 2.35. The summed E-state index contributed by atoms with van der Waals surface area (Å²) in [7, 11) is 0. The Morgan fingerprint density at radius 2 is 1.40 bits per heavy atom. The van der Waals surface area contributed by atoms with E-state index in [2.05, 4.69) is 116 Å². The van der Waals surface area contributed by atoms with Crippen molar-refractivity contribution in [2.24, 2.45) is 11.8 Å². The molecule has 5 nitrogen and oxygen atoms in total. The Morgan fingerprint density at radius 1 is 0.778 bits per heavy atom. The summed E-state index contributed by atoms with van der Waals surface area (Å²) in [6.07, 6.45) is 8.33. The van der Waals surface area contributed by atoms with Crippen LogP contribution in [0.25, 0.3) is 11.0 Å². The van der Waals surface area contributed by atoms with Crippen molar-refractivity contribution in [3.63, 3.8) is 0 Å². The maximum Gasteiger partial charge on any atom is 0.134 e. The second-order valence-electron chi connectivity index (χ2n) is 17.2. The topological polar surface area (TPSA) is 55.7 Å². The van der Waals surface area contributed by atoms with Gasteiger partial charge in [0.1, 0.15) is 35.1 Å². The number of rotatable bonds is 13. The van der Waals surface area contributed by atoms with E-state index < -0.39 is 0 Å². The van der Waals surface area contributed by atoms with Crippen LogP contribution in [0.4, 0.5) is 0 Å². The van der Waals surface area contributed by atoms with Gasteiger partial charge in [-0.3, -0.25) is 0 Å². The number of fused-ring (bicyclic) bond motifs is 1. The van der Waals surface area contributed by atoms with E-state index in [1.807, 2.05) is 12.1 Å². The minimum absolute atomic E-state index is 0.00122. The molecule has 2 aliphatic carbocycles. The highest BCUT2D eigenvalue weighted by Gasteiger charge is 2.35. The van der Waals surface area contributed by atoms with Crippen LogP contribution in [0.3, 0.4) is 0 Å². The van der Waals surface area contributed by atoms with Crippen LogP contribution in [0.15, 0.2) is 52.9 Å². The maximum atomic E-state index is 6.37. The molecule has 248 valence electrons. The molecule has 2 N–H and O–H groups in total. The Balaban J connectivity index is 1.06. The molecule has 1 heterocycles. The highest BCUT2D eigenvalue weighted by molar-refractivity contribution is 5.79. The summed E-state index contributed by atoms with van der Waals surface area (Å²) in [5.74, 6) is 4.25. The molecule has 0 aliphatic heterocycles.